The van der Waals surface area contributed by atoms with Crippen LogP contribution in [-0.2, 0) is 5.41 Å². The number of phenols is 2. The summed E-state index contributed by atoms with van der Waals surface area (Å²) >= 11 is 3.75. The molecule has 6 aromatic carbocycles. The number of ether oxygens (including phenoxy) is 1. The first kappa shape index (κ1) is 20.9. The van der Waals surface area contributed by atoms with E-state index in [0.717, 1.165) is 48.6 Å². The summed E-state index contributed by atoms with van der Waals surface area (Å²) in [6.07, 6.45) is 0. The maximum atomic E-state index is 10.2. The third-order valence-corrected chi connectivity index (χ3v) is 8.37. The molecule has 6 aromatic rings. The van der Waals surface area contributed by atoms with Gasteiger partial charge in [-0.25, -0.2) is 0 Å². The van der Waals surface area contributed by atoms with E-state index < -0.39 is 5.41 Å². The van der Waals surface area contributed by atoms with Gasteiger partial charge in [-0.05, 0) is 104 Å². The first-order chi connectivity index (χ1) is 18.0. The van der Waals surface area contributed by atoms with Crippen LogP contribution in [0.1, 0.15) is 22.3 Å². The van der Waals surface area contributed by atoms with Gasteiger partial charge in [-0.3, -0.25) is 0 Å². The summed E-state index contributed by atoms with van der Waals surface area (Å²) in [5.74, 6) is 1.96. The molecule has 0 saturated heterocycles. The normalized spacial score (nSPS) is 14.2. The van der Waals surface area contributed by atoms with Gasteiger partial charge >= 0.3 is 0 Å². The molecule has 0 atom stereocenters. The van der Waals surface area contributed by atoms with Gasteiger partial charge in [0, 0.05) is 15.6 Å². The molecule has 0 amide bonds. The Bertz CT molecular complexity index is 1870. The maximum absolute atomic E-state index is 10.2. The standard InChI is InChI=1S/C33H19BrO3/c34-22-7-10-26-25-3-1-2-4-27(25)33(28(26)17-22)29-13-18-5-8-23(35)11-20(18)15-31(29)37-32-16-21-12-24(36)9-6-19(21)14-30(32)33/h1-17,35-36H. The Morgan fingerprint density at radius 3 is 1.76 bits per heavy atom. The molecule has 37 heavy (non-hydrogen) atoms. The predicted molar refractivity (Wildman–Crippen MR) is 150 cm³/mol. The third-order valence-electron chi connectivity index (χ3n) is 7.88. The lowest BCUT2D eigenvalue weighted by atomic mass is 9.65. The van der Waals surface area contributed by atoms with E-state index in [1.54, 1.807) is 24.3 Å². The van der Waals surface area contributed by atoms with E-state index >= 15 is 0 Å². The predicted octanol–water partition coefficient (Wildman–Crippen LogP) is 8.64. The number of rotatable bonds is 0. The molecule has 3 nitrogen and oxygen atoms in total. The van der Waals surface area contributed by atoms with Crippen LogP contribution in [0.15, 0.2) is 108 Å². The van der Waals surface area contributed by atoms with Crippen LogP contribution in [0.25, 0.3) is 32.7 Å². The zero-order chi connectivity index (χ0) is 24.9. The first-order valence-corrected chi connectivity index (χ1v) is 12.9. The van der Waals surface area contributed by atoms with Crippen LogP contribution in [0.4, 0.5) is 0 Å². The number of phenolic OH excluding ortho intramolecular Hbond substituents is 2. The van der Waals surface area contributed by atoms with Crippen LogP contribution >= 0.6 is 15.9 Å². The molecule has 0 radical (unpaired) electrons. The second-order valence-corrected chi connectivity index (χ2v) is 10.8. The average molecular weight is 543 g/mol. The number of halogens is 1. The van der Waals surface area contributed by atoms with Crippen molar-refractivity contribution in [2.45, 2.75) is 5.41 Å². The van der Waals surface area contributed by atoms with Crippen molar-refractivity contribution in [2.24, 2.45) is 0 Å². The van der Waals surface area contributed by atoms with Crippen molar-refractivity contribution >= 4 is 37.5 Å². The molecular formula is C33H19BrO3. The van der Waals surface area contributed by atoms with Crippen molar-refractivity contribution in [1.29, 1.82) is 0 Å². The van der Waals surface area contributed by atoms with Crippen molar-refractivity contribution in [3.05, 3.63) is 130 Å². The molecule has 1 aliphatic heterocycles. The molecule has 0 aromatic heterocycles. The molecule has 1 spiro atoms. The highest BCUT2D eigenvalue weighted by Gasteiger charge is 2.51. The molecule has 4 heteroatoms. The van der Waals surface area contributed by atoms with Gasteiger partial charge in [-0.2, -0.15) is 0 Å². The summed E-state index contributed by atoms with van der Waals surface area (Å²) in [5, 5.41) is 24.2. The van der Waals surface area contributed by atoms with Gasteiger partial charge < -0.3 is 14.9 Å². The van der Waals surface area contributed by atoms with Crippen LogP contribution in [0, 0.1) is 0 Å². The SMILES string of the molecule is Oc1ccc2cc3c(cc2c1)Oc1cc2cc(O)ccc2cc1C31c2ccccc2-c2ccc(Br)cc21. The van der Waals surface area contributed by atoms with E-state index in [1.807, 2.05) is 24.3 Å². The van der Waals surface area contributed by atoms with Crippen molar-refractivity contribution in [1.82, 2.24) is 0 Å². The second kappa shape index (κ2) is 7.15. The van der Waals surface area contributed by atoms with Crippen LogP contribution in [0.2, 0.25) is 0 Å². The fourth-order valence-electron chi connectivity index (χ4n) is 6.38. The molecule has 0 bridgehead atoms. The van der Waals surface area contributed by atoms with Crippen LogP contribution < -0.4 is 4.74 Å². The maximum Gasteiger partial charge on any atom is 0.132 e. The molecule has 1 aliphatic carbocycles. The van der Waals surface area contributed by atoms with Gasteiger partial charge in [0.05, 0.1) is 5.41 Å². The zero-order valence-electron chi connectivity index (χ0n) is 19.5. The van der Waals surface area contributed by atoms with E-state index in [2.05, 4.69) is 70.5 Å². The Morgan fingerprint density at radius 2 is 1.11 bits per heavy atom. The lowest BCUT2D eigenvalue weighted by Crippen LogP contribution is -2.32. The van der Waals surface area contributed by atoms with Gasteiger partial charge in [0.15, 0.2) is 0 Å². The number of aromatic hydroxyl groups is 2. The quantitative estimate of drug-likeness (QED) is 0.201. The minimum Gasteiger partial charge on any atom is -0.508 e. The van der Waals surface area contributed by atoms with Crippen molar-refractivity contribution in [3.63, 3.8) is 0 Å². The van der Waals surface area contributed by atoms with E-state index in [0.29, 0.717) is 0 Å². The van der Waals surface area contributed by atoms with Gasteiger partial charge in [0.1, 0.15) is 23.0 Å². The molecule has 8 rings (SSSR count). The van der Waals surface area contributed by atoms with E-state index in [1.165, 1.54) is 22.3 Å². The fourth-order valence-corrected chi connectivity index (χ4v) is 6.74. The summed E-state index contributed by atoms with van der Waals surface area (Å²) in [7, 11) is 0. The lowest BCUT2D eigenvalue weighted by Gasteiger charge is -2.40. The summed E-state index contributed by atoms with van der Waals surface area (Å²) in [5.41, 5.74) is 6.36. The minimum absolute atomic E-state index is 0.223. The Labute approximate surface area is 221 Å². The van der Waals surface area contributed by atoms with Gasteiger partial charge in [-0.15, -0.1) is 0 Å². The van der Waals surface area contributed by atoms with Crippen LogP contribution in [-0.4, -0.2) is 10.2 Å². The highest BCUT2D eigenvalue weighted by atomic mass is 79.9. The van der Waals surface area contributed by atoms with Crippen LogP contribution in [0.3, 0.4) is 0 Å². The van der Waals surface area contributed by atoms with E-state index in [9.17, 15) is 10.2 Å². The summed E-state index contributed by atoms with van der Waals surface area (Å²) in [6.45, 7) is 0. The Kier molecular flexibility index (Phi) is 4.03. The highest BCUT2D eigenvalue weighted by Crippen LogP contribution is 2.63. The summed E-state index contributed by atoms with van der Waals surface area (Å²) < 4.78 is 7.66. The Hall–Kier alpha value is -4.28. The molecule has 0 unspecified atom stereocenters. The fraction of sp³-hybridized carbons (Fsp3) is 0.0303. The summed E-state index contributed by atoms with van der Waals surface area (Å²) in [4.78, 5) is 0. The molecule has 0 saturated carbocycles. The van der Waals surface area contributed by atoms with Gasteiger partial charge in [-0.1, -0.05) is 58.4 Å². The number of fused-ring (bicyclic) bond motifs is 11. The van der Waals surface area contributed by atoms with Crippen molar-refractivity contribution in [2.75, 3.05) is 0 Å². The number of hydrogen-bond donors (Lipinski definition) is 2. The van der Waals surface area contributed by atoms with Crippen LogP contribution in [0.5, 0.6) is 23.0 Å². The zero-order valence-corrected chi connectivity index (χ0v) is 21.1. The summed E-state index contributed by atoms with van der Waals surface area (Å²) in [6, 6.07) is 34.5. The topological polar surface area (TPSA) is 49.7 Å². The highest BCUT2D eigenvalue weighted by molar-refractivity contribution is 9.10. The number of benzene rings is 6. The van der Waals surface area contributed by atoms with Gasteiger partial charge in [0.25, 0.3) is 0 Å². The Balaban J connectivity index is 1.59. The van der Waals surface area contributed by atoms with Gasteiger partial charge in [0.2, 0.25) is 0 Å². The molecule has 2 N–H and O–H groups in total. The minimum atomic E-state index is -0.600. The lowest BCUT2D eigenvalue weighted by molar-refractivity contribution is 0.438. The van der Waals surface area contributed by atoms with Crippen molar-refractivity contribution in [3.8, 4) is 34.1 Å². The van der Waals surface area contributed by atoms with E-state index in [-0.39, 0.29) is 11.5 Å². The van der Waals surface area contributed by atoms with E-state index in [4.69, 9.17) is 4.74 Å². The monoisotopic (exact) mass is 542 g/mol. The smallest absolute Gasteiger partial charge is 0.132 e. The Morgan fingerprint density at radius 1 is 0.514 bits per heavy atom. The third kappa shape index (κ3) is 2.71. The molecule has 0 fully saturated rings. The largest absolute Gasteiger partial charge is 0.508 e. The molecule has 2 aliphatic rings. The van der Waals surface area contributed by atoms with Crippen molar-refractivity contribution < 1.29 is 14.9 Å². The molecule has 176 valence electrons. The molecule has 1 heterocycles. The molecular weight excluding hydrogens is 524 g/mol. The number of hydrogen-bond acceptors (Lipinski definition) is 3. The second-order valence-electron chi connectivity index (χ2n) is 9.85. The first-order valence-electron chi connectivity index (χ1n) is 12.1. The average Bonchev–Trinajstić information content (AvgIpc) is 3.17.